The fourth-order valence-electron chi connectivity index (χ4n) is 0.827. The number of fused-ring (bicyclic) bond motifs is 1. The number of rotatable bonds is 0. The second-order valence-electron chi connectivity index (χ2n) is 2.01. The summed E-state index contributed by atoms with van der Waals surface area (Å²) in [5.41, 5.74) is 0.842. The first-order chi connectivity index (χ1) is 5.29. The Morgan fingerprint density at radius 2 is 2.45 bits per heavy atom. The van der Waals surface area contributed by atoms with Crippen LogP contribution in [-0.4, -0.2) is 10.2 Å². The van der Waals surface area contributed by atoms with Gasteiger partial charge in [0, 0.05) is 0 Å². The number of aromatic amines is 1. The molecule has 56 valence electrons. The summed E-state index contributed by atoms with van der Waals surface area (Å²) in [6, 6.07) is 1.85. The summed E-state index contributed by atoms with van der Waals surface area (Å²) in [7, 11) is 0. The lowest BCUT2D eigenvalue weighted by atomic mass is 10.4. The van der Waals surface area contributed by atoms with Gasteiger partial charge in [-0.1, -0.05) is 0 Å². The first-order valence-electron chi connectivity index (χ1n) is 2.90. The summed E-state index contributed by atoms with van der Waals surface area (Å²) in [6.45, 7) is 0. The molecule has 0 spiro atoms. The van der Waals surface area contributed by atoms with Crippen molar-refractivity contribution in [3.05, 3.63) is 25.4 Å². The van der Waals surface area contributed by atoms with E-state index >= 15 is 0 Å². The molecule has 0 saturated heterocycles. The molecule has 0 aromatic carbocycles. The van der Waals surface area contributed by atoms with Crippen LogP contribution in [0.4, 0.5) is 0 Å². The van der Waals surface area contributed by atoms with E-state index in [1.54, 1.807) is 0 Å². The van der Waals surface area contributed by atoms with Gasteiger partial charge in [-0.05, 0) is 34.0 Å². The lowest BCUT2D eigenvalue weighted by Crippen LogP contribution is -2.07. The number of H-pyrrole nitrogens is 1. The second kappa shape index (κ2) is 2.56. The highest BCUT2D eigenvalue weighted by Crippen LogP contribution is 2.13. The van der Waals surface area contributed by atoms with Crippen LogP contribution in [0.25, 0.3) is 10.2 Å². The van der Waals surface area contributed by atoms with Crippen LogP contribution in [0.1, 0.15) is 0 Å². The molecule has 0 atom stereocenters. The molecule has 3 nitrogen and oxygen atoms in total. The molecule has 1 N–H and O–H groups in total. The number of hydrogen-bond donors (Lipinski definition) is 1. The highest BCUT2D eigenvalue weighted by Gasteiger charge is 2.03. The Balaban J connectivity index is 3.05. The maximum Gasteiger partial charge on any atom is 0.231 e. The van der Waals surface area contributed by atoms with E-state index in [1.807, 2.05) is 34.0 Å². The summed E-state index contributed by atoms with van der Waals surface area (Å²) in [5.74, 6) is 0. The molecule has 0 saturated carbocycles. The summed E-state index contributed by atoms with van der Waals surface area (Å²) in [6.07, 6.45) is 0. The van der Waals surface area contributed by atoms with Crippen LogP contribution >= 0.6 is 33.9 Å². The van der Waals surface area contributed by atoms with Crippen LogP contribution in [-0.2, 0) is 0 Å². The minimum Gasteiger partial charge on any atom is -0.285 e. The van der Waals surface area contributed by atoms with Crippen LogP contribution < -0.4 is 5.43 Å². The Hall–Kier alpha value is -0.430. The zero-order valence-corrected chi connectivity index (χ0v) is 8.27. The molecule has 0 amide bonds. The summed E-state index contributed by atoms with van der Waals surface area (Å²) in [4.78, 5) is 11.3. The Morgan fingerprint density at radius 3 is 3.27 bits per heavy atom. The number of nitrogens with one attached hydrogen (secondary N) is 1. The van der Waals surface area contributed by atoms with Crippen molar-refractivity contribution < 1.29 is 0 Å². The van der Waals surface area contributed by atoms with Crippen LogP contribution in [0, 0.1) is 3.70 Å². The van der Waals surface area contributed by atoms with Gasteiger partial charge in [-0.25, -0.2) is 0 Å². The molecule has 2 heterocycles. The van der Waals surface area contributed by atoms with E-state index < -0.39 is 0 Å². The minimum atomic E-state index is 0.0225. The van der Waals surface area contributed by atoms with Crippen LogP contribution in [0.5, 0.6) is 0 Å². The van der Waals surface area contributed by atoms with Gasteiger partial charge in [-0.15, -0.1) is 11.3 Å². The van der Waals surface area contributed by atoms with Gasteiger partial charge >= 0.3 is 0 Å². The molecule has 0 aliphatic heterocycles. The number of halogens is 1. The summed E-state index contributed by atoms with van der Waals surface area (Å²) < 4.78 is 1.25. The average Bonchev–Trinajstić information content (AvgIpc) is 2.45. The number of aromatic nitrogens is 2. The molecular weight excluding hydrogens is 275 g/mol. The number of nitrogens with zero attached hydrogens (tertiary/aromatic N) is 1. The summed E-state index contributed by atoms with van der Waals surface area (Å²) >= 11 is 3.36. The van der Waals surface area contributed by atoms with E-state index in [0.29, 0.717) is 3.70 Å². The van der Waals surface area contributed by atoms with Gasteiger partial charge in [-0.3, -0.25) is 9.89 Å². The van der Waals surface area contributed by atoms with E-state index in [0.717, 1.165) is 10.2 Å². The van der Waals surface area contributed by atoms with Crippen molar-refractivity contribution in [2.24, 2.45) is 0 Å². The largest absolute Gasteiger partial charge is 0.285 e. The third kappa shape index (κ3) is 1.08. The highest BCUT2D eigenvalue weighted by molar-refractivity contribution is 14.1. The molecule has 0 bridgehead atoms. The highest BCUT2D eigenvalue weighted by atomic mass is 127. The SMILES string of the molecule is O=c1c(I)n[nH]c2ccsc12. The monoisotopic (exact) mass is 278 g/mol. The van der Waals surface area contributed by atoms with Gasteiger partial charge < -0.3 is 0 Å². The molecule has 2 aromatic rings. The van der Waals surface area contributed by atoms with Crippen molar-refractivity contribution >= 4 is 44.1 Å². The molecule has 0 unspecified atom stereocenters. The second-order valence-corrected chi connectivity index (χ2v) is 3.94. The molecule has 0 aliphatic rings. The third-order valence-electron chi connectivity index (χ3n) is 1.33. The molecule has 2 rings (SSSR count). The van der Waals surface area contributed by atoms with Gasteiger partial charge in [0.25, 0.3) is 0 Å². The van der Waals surface area contributed by atoms with Crippen LogP contribution in [0.15, 0.2) is 16.2 Å². The smallest absolute Gasteiger partial charge is 0.231 e. The lowest BCUT2D eigenvalue weighted by Gasteiger charge is -1.88. The predicted molar refractivity (Wildman–Crippen MR) is 53.0 cm³/mol. The Bertz CT molecular complexity index is 447. The Morgan fingerprint density at radius 1 is 1.64 bits per heavy atom. The first-order valence-corrected chi connectivity index (χ1v) is 4.86. The maximum absolute atomic E-state index is 11.3. The zero-order valence-electron chi connectivity index (χ0n) is 5.30. The molecule has 11 heavy (non-hydrogen) atoms. The van der Waals surface area contributed by atoms with Gasteiger partial charge in [0.05, 0.1) is 5.52 Å². The van der Waals surface area contributed by atoms with Crippen LogP contribution in [0.3, 0.4) is 0 Å². The maximum atomic E-state index is 11.3. The lowest BCUT2D eigenvalue weighted by molar-refractivity contribution is 1.03. The van der Waals surface area contributed by atoms with Crippen molar-refractivity contribution in [1.82, 2.24) is 10.2 Å². The Labute approximate surface area is 79.6 Å². The van der Waals surface area contributed by atoms with Gasteiger partial charge in [0.15, 0.2) is 3.70 Å². The van der Waals surface area contributed by atoms with Crippen molar-refractivity contribution in [3.63, 3.8) is 0 Å². The van der Waals surface area contributed by atoms with Gasteiger partial charge in [0.1, 0.15) is 4.70 Å². The van der Waals surface area contributed by atoms with Crippen molar-refractivity contribution in [1.29, 1.82) is 0 Å². The average molecular weight is 278 g/mol. The van der Waals surface area contributed by atoms with E-state index in [4.69, 9.17) is 0 Å². The standard InChI is InChI=1S/C6H3IN2OS/c7-6-4(10)5-3(8-9-6)1-2-11-5/h1-2H,(H,8,10). The molecule has 0 radical (unpaired) electrons. The van der Waals surface area contributed by atoms with E-state index in [1.165, 1.54) is 11.3 Å². The van der Waals surface area contributed by atoms with Crippen LogP contribution in [0.2, 0.25) is 0 Å². The van der Waals surface area contributed by atoms with E-state index in [-0.39, 0.29) is 5.43 Å². The first kappa shape index (κ1) is 7.23. The molecule has 0 fully saturated rings. The topological polar surface area (TPSA) is 45.8 Å². The van der Waals surface area contributed by atoms with E-state index in [2.05, 4.69) is 10.2 Å². The quantitative estimate of drug-likeness (QED) is 0.744. The van der Waals surface area contributed by atoms with E-state index in [9.17, 15) is 4.79 Å². The number of thiophene rings is 1. The normalized spacial score (nSPS) is 10.6. The molecule has 0 aliphatic carbocycles. The van der Waals surface area contributed by atoms with Crippen molar-refractivity contribution in [3.8, 4) is 0 Å². The fraction of sp³-hybridized carbons (Fsp3) is 0. The van der Waals surface area contributed by atoms with Crippen molar-refractivity contribution in [2.75, 3.05) is 0 Å². The molecular formula is C6H3IN2OS. The predicted octanol–water partition coefficient (Wildman–Crippen LogP) is 1.59. The zero-order chi connectivity index (χ0) is 7.84. The fourth-order valence-corrected chi connectivity index (χ4v) is 2.18. The Kier molecular flexibility index (Phi) is 1.68. The van der Waals surface area contributed by atoms with Gasteiger partial charge in [-0.2, -0.15) is 5.10 Å². The molecule has 2 aromatic heterocycles. The number of hydrogen-bond acceptors (Lipinski definition) is 3. The van der Waals surface area contributed by atoms with Crippen molar-refractivity contribution in [2.45, 2.75) is 0 Å². The minimum absolute atomic E-state index is 0.0225. The molecule has 5 heteroatoms. The third-order valence-corrected chi connectivity index (χ3v) is 2.98. The summed E-state index contributed by atoms with van der Waals surface area (Å²) in [5, 5.41) is 8.50. The van der Waals surface area contributed by atoms with Gasteiger partial charge in [0.2, 0.25) is 5.43 Å².